The molecule has 2 nitrogen and oxygen atoms in total. The zero-order chi connectivity index (χ0) is 15.5. The van der Waals surface area contributed by atoms with Gasteiger partial charge in [-0.3, -0.25) is 0 Å². The molecule has 0 saturated carbocycles. The van der Waals surface area contributed by atoms with Crippen molar-refractivity contribution in [2.45, 2.75) is 32.2 Å². The number of rotatable bonds is 3. The zero-order valence-corrected chi connectivity index (χ0v) is 14.1. The third-order valence-electron chi connectivity index (χ3n) is 3.41. The number of anilines is 1. The predicted octanol–water partition coefficient (Wildman–Crippen LogP) is 5.42. The minimum absolute atomic E-state index is 0.122. The Labute approximate surface area is 134 Å². The molecule has 0 heterocycles. The molecule has 0 spiro atoms. The van der Waals surface area contributed by atoms with Gasteiger partial charge in [-0.25, -0.2) is 0 Å². The molecule has 21 heavy (non-hydrogen) atoms. The first-order valence-electron chi connectivity index (χ1n) is 6.93. The van der Waals surface area contributed by atoms with Crippen LogP contribution in [0.1, 0.15) is 37.9 Å². The van der Waals surface area contributed by atoms with E-state index in [0.29, 0.717) is 0 Å². The molecule has 0 fully saturated rings. The molecule has 2 aromatic rings. The average Bonchev–Trinajstić information content (AvgIpc) is 2.46. The van der Waals surface area contributed by atoms with Gasteiger partial charge >= 0.3 is 0 Å². The lowest BCUT2D eigenvalue weighted by Gasteiger charge is -2.20. The van der Waals surface area contributed by atoms with E-state index in [1.54, 1.807) is 0 Å². The Kier molecular flexibility index (Phi) is 4.69. The lowest BCUT2D eigenvalue weighted by atomic mass is 9.86. The van der Waals surface area contributed by atoms with Gasteiger partial charge in [-0.15, -0.1) is 0 Å². The van der Waals surface area contributed by atoms with Crippen molar-refractivity contribution in [2.24, 2.45) is 0 Å². The van der Waals surface area contributed by atoms with Crippen LogP contribution in [0.15, 0.2) is 53.0 Å². The van der Waals surface area contributed by atoms with Gasteiger partial charge in [0.15, 0.2) is 0 Å². The van der Waals surface area contributed by atoms with Crippen molar-refractivity contribution in [1.82, 2.24) is 0 Å². The highest BCUT2D eigenvalue weighted by Gasteiger charge is 2.16. The Hall–Kier alpha value is -1.79. The standard InChI is InChI=1S/C18H19BrN2/c1-18(2,3)14-10-8-13(9-11-14)17(12-20)21-16-7-5-4-6-15(16)19/h4-11,17,21H,1-3H3. The van der Waals surface area contributed by atoms with Crippen molar-refractivity contribution in [3.05, 3.63) is 64.1 Å². The average molecular weight is 343 g/mol. The minimum atomic E-state index is -0.363. The molecule has 0 aromatic heterocycles. The van der Waals surface area contributed by atoms with Crippen LogP contribution in [-0.2, 0) is 5.41 Å². The van der Waals surface area contributed by atoms with Crippen LogP contribution >= 0.6 is 15.9 Å². The van der Waals surface area contributed by atoms with E-state index in [2.05, 4.69) is 60.2 Å². The molecule has 108 valence electrons. The molecule has 3 heteroatoms. The molecule has 1 N–H and O–H groups in total. The number of nitrogens with one attached hydrogen (secondary N) is 1. The first kappa shape index (κ1) is 15.6. The molecule has 0 amide bonds. The van der Waals surface area contributed by atoms with E-state index in [-0.39, 0.29) is 11.5 Å². The molecular weight excluding hydrogens is 324 g/mol. The van der Waals surface area contributed by atoms with Crippen LogP contribution in [0.25, 0.3) is 0 Å². The van der Waals surface area contributed by atoms with Crippen LogP contribution < -0.4 is 5.32 Å². The quantitative estimate of drug-likeness (QED) is 0.807. The van der Waals surface area contributed by atoms with Gasteiger partial charge in [-0.2, -0.15) is 5.26 Å². The summed E-state index contributed by atoms with van der Waals surface area (Å²) in [5.41, 5.74) is 3.28. The van der Waals surface area contributed by atoms with E-state index in [9.17, 15) is 5.26 Å². The van der Waals surface area contributed by atoms with Gasteiger partial charge in [0.25, 0.3) is 0 Å². The number of nitrogens with zero attached hydrogens (tertiary/aromatic N) is 1. The van der Waals surface area contributed by atoms with Crippen molar-refractivity contribution >= 4 is 21.6 Å². The van der Waals surface area contributed by atoms with Crippen LogP contribution in [0, 0.1) is 11.3 Å². The Balaban J connectivity index is 2.23. The molecule has 0 bridgehead atoms. The van der Waals surface area contributed by atoms with E-state index < -0.39 is 0 Å². The van der Waals surface area contributed by atoms with Crippen LogP contribution in [0.5, 0.6) is 0 Å². The summed E-state index contributed by atoms with van der Waals surface area (Å²) in [5.74, 6) is 0. The van der Waals surface area contributed by atoms with Crippen molar-refractivity contribution in [3.8, 4) is 6.07 Å². The van der Waals surface area contributed by atoms with Crippen LogP contribution in [0.4, 0.5) is 5.69 Å². The second-order valence-corrected chi connectivity index (χ2v) is 6.91. The number of para-hydroxylation sites is 1. The van der Waals surface area contributed by atoms with Gasteiger partial charge in [-0.1, -0.05) is 57.2 Å². The normalized spacial score (nSPS) is 12.5. The van der Waals surface area contributed by atoms with Crippen molar-refractivity contribution in [3.63, 3.8) is 0 Å². The summed E-state index contributed by atoms with van der Waals surface area (Å²) in [6, 6.07) is 18.0. The number of nitriles is 1. The lowest BCUT2D eigenvalue weighted by molar-refractivity contribution is 0.590. The molecule has 0 aliphatic heterocycles. The number of halogens is 1. The van der Waals surface area contributed by atoms with E-state index in [4.69, 9.17) is 0 Å². The van der Waals surface area contributed by atoms with Crippen molar-refractivity contribution < 1.29 is 0 Å². The molecular formula is C18H19BrN2. The highest BCUT2D eigenvalue weighted by Crippen LogP contribution is 2.28. The summed E-state index contributed by atoms with van der Waals surface area (Å²) in [5, 5.41) is 12.7. The first-order chi connectivity index (χ1) is 9.91. The van der Waals surface area contributed by atoms with E-state index in [1.807, 2.05) is 36.4 Å². The summed E-state index contributed by atoms with van der Waals surface area (Å²) < 4.78 is 0.955. The Bertz CT molecular complexity index is 648. The van der Waals surface area contributed by atoms with E-state index in [0.717, 1.165) is 15.7 Å². The fourth-order valence-electron chi connectivity index (χ4n) is 2.10. The van der Waals surface area contributed by atoms with Crippen molar-refractivity contribution in [1.29, 1.82) is 5.26 Å². The molecule has 1 atom stereocenters. The molecule has 1 unspecified atom stereocenters. The SMILES string of the molecule is CC(C)(C)c1ccc(C(C#N)Nc2ccccc2Br)cc1. The molecule has 2 aromatic carbocycles. The highest BCUT2D eigenvalue weighted by molar-refractivity contribution is 9.10. The largest absolute Gasteiger partial charge is 0.365 e. The smallest absolute Gasteiger partial charge is 0.140 e. The summed E-state index contributed by atoms with van der Waals surface area (Å²) in [6.45, 7) is 6.55. The Morgan fingerprint density at radius 3 is 2.19 bits per heavy atom. The second kappa shape index (κ2) is 6.32. The van der Waals surface area contributed by atoms with E-state index >= 15 is 0 Å². The fourth-order valence-corrected chi connectivity index (χ4v) is 2.50. The molecule has 2 rings (SSSR count). The van der Waals surface area contributed by atoms with Crippen molar-refractivity contribution in [2.75, 3.05) is 5.32 Å². The number of hydrogen-bond acceptors (Lipinski definition) is 2. The Morgan fingerprint density at radius 2 is 1.67 bits per heavy atom. The third kappa shape index (κ3) is 3.86. The summed E-state index contributed by atoms with van der Waals surface area (Å²) >= 11 is 3.49. The molecule has 0 aliphatic rings. The topological polar surface area (TPSA) is 35.8 Å². The maximum Gasteiger partial charge on any atom is 0.140 e. The van der Waals surface area contributed by atoms with Gasteiger partial charge in [0, 0.05) is 10.2 Å². The van der Waals surface area contributed by atoms with Crippen LogP contribution in [0.3, 0.4) is 0 Å². The summed E-state index contributed by atoms with van der Waals surface area (Å²) in [7, 11) is 0. The maximum atomic E-state index is 9.43. The third-order valence-corrected chi connectivity index (χ3v) is 4.10. The molecule has 0 saturated heterocycles. The minimum Gasteiger partial charge on any atom is -0.365 e. The number of benzene rings is 2. The van der Waals surface area contributed by atoms with Crippen LogP contribution in [-0.4, -0.2) is 0 Å². The van der Waals surface area contributed by atoms with Gasteiger partial charge in [0.2, 0.25) is 0 Å². The maximum absolute atomic E-state index is 9.43. The second-order valence-electron chi connectivity index (χ2n) is 6.06. The van der Waals surface area contributed by atoms with Gasteiger partial charge in [-0.05, 0) is 44.6 Å². The zero-order valence-electron chi connectivity index (χ0n) is 12.5. The number of hydrogen-bond donors (Lipinski definition) is 1. The summed E-state index contributed by atoms with van der Waals surface area (Å²) in [4.78, 5) is 0. The monoisotopic (exact) mass is 342 g/mol. The molecule has 0 radical (unpaired) electrons. The van der Waals surface area contributed by atoms with Gasteiger partial charge in [0.1, 0.15) is 6.04 Å². The predicted molar refractivity (Wildman–Crippen MR) is 91.3 cm³/mol. The highest BCUT2D eigenvalue weighted by atomic mass is 79.9. The fraction of sp³-hybridized carbons (Fsp3) is 0.278. The van der Waals surface area contributed by atoms with E-state index in [1.165, 1.54) is 5.56 Å². The summed E-state index contributed by atoms with van der Waals surface area (Å²) in [6.07, 6.45) is 0. The van der Waals surface area contributed by atoms with Gasteiger partial charge in [0.05, 0.1) is 6.07 Å². The Morgan fingerprint density at radius 1 is 1.05 bits per heavy atom. The first-order valence-corrected chi connectivity index (χ1v) is 7.72. The van der Waals surface area contributed by atoms with Gasteiger partial charge < -0.3 is 5.32 Å². The lowest BCUT2D eigenvalue weighted by Crippen LogP contribution is -2.12. The molecule has 0 aliphatic carbocycles. The van der Waals surface area contributed by atoms with Crippen LogP contribution in [0.2, 0.25) is 0 Å².